The number of halogens is 2. The van der Waals surface area contributed by atoms with E-state index < -0.39 is 0 Å². The summed E-state index contributed by atoms with van der Waals surface area (Å²) in [5.74, 6) is 0. The first kappa shape index (κ1) is 11.2. The van der Waals surface area contributed by atoms with Crippen molar-refractivity contribution in [1.82, 2.24) is 0 Å². The Kier molecular flexibility index (Phi) is 3.60. The highest BCUT2D eigenvalue weighted by molar-refractivity contribution is 6.35. The van der Waals surface area contributed by atoms with E-state index in [9.17, 15) is 0 Å². The van der Waals surface area contributed by atoms with Crippen LogP contribution in [0.1, 0.15) is 5.56 Å². The van der Waals surface area contributed by atoms with Gasteiger partial charge in [-0.2, -0.15) is 0 Å². The Morgan fingerprint density at radius 1 is 0.875 bits per heavy atom. The minimum atomic E-state index is 0.590. The zero-order valence-corrected chi connectivity index (χ0v) is 9.91. The molecule has 0 heterocycles. The maximum absolute atomic E-state index is 5.87. The van der Waals surface area contributed by atoms with Gasteiger partial charge in [-0.3, -0.25) is 4.99 Å². The first-order valence-corrected chi connectivity index (χ1v) is 5.55. The Morgan fingerprint density at radius 3 is 2.12 bits per heavy atom. The average Bonchev–Trinajstić information content (AvgIpc) is 2.27. The van der Waals surface area contributed by atoms with Crippen molar-refractivity contribution < 1.29 is 0 Å². The number of aliphatic imine (C=N–C) groups is 1. The lowest BCUT2D eigenvalue weighted by atomic mass is 10.2. The van der Waals surface area contributed by atoms with Crippen molar-refractivity contribution in [2.24, 2.45) is 4.99 Å². The number of hydrogen-bond donors (Lipinski definition) is 0. The molecule has 3 heteroatoms. The third kappa shape index (κ3) is 3.09. The van der Waals surface area contributed by atoms with E-state index >= 15 is 0 Å². The van der Waals surface area contributed by atoms with Crippen LogP contribution in [0.3, 0.4) is 0 Å². The summed E-state index contributed by atoms with van der Waals surface area (Å²) in [6.45, 7) is 0. The van der Waals surface area contributed by atoms with Crippen molar-refractivity contribution in [1.29, 1.82) is 0 Å². The van der Waals surface area contributed by atoms with Crippen LogP contribution in [-0.4, -0.2) is 6.21 Å². The van der Waals surface area contributed by atoms with E-state index in [4.69, 9.17) is 23.2 Å². The second kappa shape index (κ2) is 5.15. The van der Waals surface area contributed by atoms with E-state index in [0.29, 0.717) is 10.0 Å². The lowest BCUT2D eigenvalue weighted by molar-refractivity contribution is 1.52. The van der Waals surface area contributed by atoms with Crippen molar-refractivity contribution in [3.63, 3.8) is 0 Å². The van der Waals surface area contributed by atoms with Crippen LogP contribution in [0.5, 0.6) is 0 Å². The fourth-order valence-electron chi connectivity index (χ4n) is 1.30. The highest BCUT2D eigenvalue weighted by Gasteiger charge is 1.95. The average molecular weight is 250 g/mol. The molecule has 0 bridgehead atoms. The molecule has 2 aromatic carbocycles. The third-order valence-corrected chi connectivity index (χ3v) is 2.45. The first-order chi connectivity index (χ1) is 7.74. The molecule has 1 nitrogen and oxygen atoms in total. The summed E-state index contributed by atoms with van der Waals surface area (Å²) in [6, 6.07) is 15.1. The highest BCUT2D eigenvalue weighted by Crippen LogP contribution is 2.24. The summed E-state index contributed by atoms with van der Waals surface area (Å²) < 4.78 is 0. The molecule has 0 spiro atoms. The molecule has 0 aromatic heterocycles. The van der Waals surface area contributed by atoms with Crippen molar-refractivity contribution >= 4 is 35.1 Å². The minimum Gasteiger partial charge on any atom is -0.256 e. The van der Waals surface area contributed by atoms with Gasteiger partial charge < -0.3 is 0 Å². The predicted molar refractivity (Wildman–Crippen MR) is 70.2 cm³/mol. The molecule has 0 fully saturated rings. The van der Waals surface area contributed by atoms with Gasteiger partial charge in [0.15, 0.2) is 0 Å². The van der Waals surface area contributed by atoms with Gasteiger partial charge in [0.05, 0.1) is 5.69 Å². The molecule has 0 aliphatic carbocycles. The summed E-state index contributed by atoms with van der Waals surface area (Å²) in [5.41, 5.74) is 1.79. The fourth-order valence-corrected chi connectivity index (χ4v) is 1.82. The summed E-state index contributed by atoms with van der Waals surface area (Å²) in [6.07, 6.45) is 1.78. The van der Waals surface area contributed by atoms with Gasteiger partial charge in [0, 0.05) is 16.3 Å². The second-order valence-electron chi connectivity index (χ2n) is 3.30. The van der Waals surface area contributed by atoms with Gasteiger partial charge in [-0.25, -0.2) is 0 Å². The van der Waals surface area contributed by atoms with Gasteiger partial charge in [-0.1, -0.05) is 53.5 Å². The van der Waals surface area contributed by atoms with E-state index in [-0.39, 0.29) is 0 Å². The smallest absolute Gasteiger partial charge is 0.0659 e. The van der Waals surface area contributed by atoms with Crippen LogP contribution in [0, 0.1) is 0 Å². The Balaban J connectivity index is 2.24. The molecule has 0 aliphatic heterocycles. The van der Waals surface area contributed by atoms with Gasteiger partial charge in [0.25, 0.3) is 0 Å². The van der Waals surface area contributed by atoms with Gasteiger partial charge in [0.1, 0.15) is 0 Å². The number of nitrogens with zero attached hydrogens (tertiary/aromatic N) is 1. The maximum atomic E-state index is 5.87. The largest absolute Gasteiger partial charge is 0.256 e. The Morgan fingerprint density at radius 2 is 1.50 bits per heavy atom. The molecule has 0 saturated heterocycles. The zero-order chi connectivity index (χ0) is 11.4. The van der Waals surface area contributed by atoms with Gasteiger partial charge in [0.2, 0.25) is 0 Å². The molecule has 0 radical (unpaired) electrons. The predicted octanol–water partition coefficient (Wildman–Crippen LogP) is 4.74. The normalized spacial score (nSPS) is 10.9. The summed E-state index contributed by atoms with van der Waals surface area (Å²) in [5, 5.41) is 1.18. The molecule has 0 atom stereocenters. The molecule has 0 unspecified atom stereocenters. The maximum Gasteiger partial charge on any atom is 0.0659 e. The van der Waals surface area contributed by atoms with Crippen molar-refractivity contribution in [2.75, 3.05) is 0 Å². The quantitative estimate of drug-likeness (QED) is 0.682. The minimum absolute atomic E-state index is 0.590. The molecule has 80 valence electrons. The number of hydrogen-bond acceptors (Lipinski definition) is 1. The van der Waals surface area contributed by atoms with Gasteiger partial charge >= 0.3 is 0 Å². The molecule has 0 saturated carbocycles. The van der Waals surface area contributed by atoms with Gasteiger partial charge in [-0.15, -0.1) is 0 Å². The molecule has 2 rings (SSSR count). The highest BCUT2D eigenvalue weighted by atomic mass is 35.5. The van der Waals surface area contributed by atoms with E-state index in [1.165, 1.54) is 0 Å². The first-order valence-electron chi connectivity index (χ1n) is 4.79. The molecule has 0 aliphatic rings. The van der Waals surface area contributed by atoms with E-state index in [1.54, 1.807) is 24.4 Å². The molecular formula is C13H9Cl2N. The third-order valence-electron chi connectivity index (χ3n) is 2.01. The van der Waals surface area contributed by atoms with Gasteiger partial charge in [-0.05, 0) is 23.8 Å². The number of rotatable bonds is 2. The SMILES string of the molecule is Clc1cc(Cl)cc(/N=C/c2ccccc2)c1. The lowest BCUT2D eigenvalue weighted by Gasteiger charge is -1.97. The molecular weight excluding hydrogens is 241 g/mol. The number of benzene rings is 2. The summed E-state index contributed by atoms with van der Waals surface area (Å²) in [7, 11) is 0. The van der Waals surface area contributed by atoms with Crippen LogP contribution >= 0.6 is 23.2 Å². The van der Waals surface area contributed by atoms with Crippen LogP contribution in [0.4, 0.5) is 5.69 Å². The Bertz CT molecular complexity index is 486. The van der Waals surface area contributed by atoms with Crippen molar-refractivity contribution in [2.45, 2.75) is 0 Å². The summed E-state index contributed by atoms with van der Waals surface area (Å²) >= 11 is 11.7. The van der Waals surface area contributed by atoms with Crippen LogP contribution in [0.2, 0.25) is 10.0 Å². The second-order valence-corrected chi connectivity index (χ2v) is 4.17. The molecule has 0 amide bonds. The van der Waals surface area contributed by atoms with Crippen LogP contribution < -0.4 is 0 Å². The Labute approximate surface area is 104 Å². The Hall–Kier alpha value is -1.31. The fraction of sp³-hybridized carbons (Fsp3) is 0. The van der Waals surface area contributed by atoms with E-state index in [2.05, 4.69) is 4.99 Å². The summed E-state index contributed by atoms with van der Waals surface area (Å²) in [4.78, 5) is 4.30. The van der Waals surface area contributed by atoms with E-state index in [1.807, 2.05) is 30.3 Å². The van der Waals surface area contributed by atoms with Crippen molar-refractivity contribution in [3.8, 4) is 0 Å². The monoisotopic (exact) mass is 249 g/mol. The molecule has 0 N–H and O–H groups in total. The van der Waals surface area contributed by atoms with Crippen LogP contribution in [-0.2, 0) is 0 Å². The molecule has 2 aromatic rings. The lowest BCUT2D eigenvalue weighted by Crippen LogP contribution is -1.78. The van der Waals surface area contributed by atoms with Crippen LogP contribution in [0.15, 0.2) is 53.5 Å². The standard InChI is InChI=1S/C13H9Cl2N/c14-11-6-12(15)8-13(7-11)16-9-10-4-2-1-3-5-10/h1-9H/b16-9+. The van der Waals surface area contributed by atoms with E-state index in [0.717, 1.165) is 11.3 Å². The van der Waals surface area contributed by atoms with Crippen LogP contribution in [0.25, 0.3) is 0 Å². The topological polar surface area (TPSA) is 12.4 Å². The van der Waals surface area contributed by atoms with Crippen molar-refractivity contribution in [3.05, 3.63) is 64.1 Å². The molecule has 16 heavy (non-hydrogen) atoms. The zero-order valence-electron chi connectivity index (χ0n) is 8.40.